The van der Waals surface area contributed by atoms with Crippen LogP contribution in [-0.4, -0.2) is 41.9 Å². The highest BCUT2D eigenvalue weighted by atomic mass is 16.6. The maximum absolute atomic E-state index is 12.4. The van der Waals surface area contributed by atoms with Crippen LogP contribution in [0.5, 0.6) is 0 Å². The van der Waals surface area contributed by atoms with Gasteiger partial charge in [0.15, 0.2) is 0 Å². The summed E-state index contributed by atoms with van der Waals surface area (Å²) in [5, 5.41) is 14.7. The first-order valence-electron chi connectivity index (χ1n) is 8.87. The molecule has 0 aromatic heterocycles. The third-order valence-electron chi connectivity index (χ3n) is 4.23. The fourth-order valence-electron chi connectivity index (χ4n) is 2.70. The van der Waals surface area contributed by atoms with E-state index in [9.17, 15) is 14.9 Å². The fraction of sp³-hybridized carbons (Fsp3) is 0.611. The Labute approximate surface area is 149 Å². The molecule has 1 aromatic carbocycles. The molecular weight excluding hydrogens is 320 g/mol. The van der Waals surface area contributed by atoms with E-state index >= 15 is 0 Å². The molecule has 0 heterocycles. The zero-order valence-electron chi connectivity index (χ0n) is 15.7. The molecule has 140 valence electrons. The molecule has 0 atom stereocenters. The van der Waals surface area contributed by atoms with Crippen LogP contribution in [0.25, 0.3) is 0 Å². The number of hydrogen-bond donors (Lipinski definition) is 2. The molecule has 0 spiro atoms. The minimum Gasteiger partial charge on any atom is -0.373 e. The van der Waals surface area contributed by atoms with E-state index < -0.39 is 4.92 Å². The molecule has 25 heavy (non-hydrogen) atoms. The van der Waals surface area contributed by atoms with Gasteiger partial charge in [-0.15, -0.1) is 0 Å². The van der Waals surface area contributed by atoms with Crippen LogP contribution in [-0.2, 0) is 0 Å². The van der Waals surface area contributed by atoms with Gasteiger partial charge in [-0.3, -0.25) is 14.9 Å². The molecule has 1 aliphatic rings. The second-order valence-corrected chi connectivity index (χ2v) is 6.31. The van der Waals surface area contributed by atoms with Crippen molar-refractivity contribution in [2.24, 2.45) is 5.73 Å². The smallest absolute Gasteiger partial charge is 0.293 e. The van der Waals surface area contributed by atoms with Crippen LogP contribution in [0.15, 0.2) is 18.2 Å². The van der Waals surface area contributed by atoms with Crippen molar-refractivity contribution in [3.05, 3.63) is 33.9 Å². The standard InChI is InChI=1S/C16H24N4O3.C2H6/c1-19(2)15(21)12-6-5-7-13(20(22)23)14(12)18-16(9-10-16)8-3-4-11-17;1-2/h5-7,18H,3-4,8-11,17H2,1-2H3;1-2H3. The number of hydrogen-bond acceptors (Lipinski definition) is 5. The zero-order chi connectivity index (χ0) is 19.0. The summed E-state index contributed by atoms with van der Waals surface area (Å²) in [7, 11) is 3.28. The van der Waals surface area contributed by atoms with Crippen LogP contribution in [0.4, 0.5) is 11.4 Å². The number of nitro groups is 1. The first kappa shape index (κ1) is 20.9. The average Bonchev–Trinajstić information content (AvgIpc) is 3.35. The molecule has 7 nitrogen and oxygen atoms in total. The number of para-hydroxylation sites is 1. The van der Waals surface area contributed by atoms with Crippen molar-refractivity contribution in [1.29, 1.82) is 0 Å². The highest BCUT2D eigenvalue weighted by molar-refractivity contribution is 6.01. The summed E-state index contributed by atoms with van der Waals surface area (Å²) in [6.45, 7) is 4.64. The van der Waals surface area contributed by atoms with Gasteiger partial charge in [-0.25, -0.2) is 0 Å². The van der Waals surface area contributed by atoms with E-state index in [-0.39, 0.29) is 17.1 Å². The predicted molar refractivity (Wildman–Crippen MR) is 101 cm³/mol. The van der Waals surface area contributed by atoms with Crippen molar-refractivity contribution < 1.29 is 9.72 Å². The fourth-order valence-corrected chi connectivity index (χ4v) is 2.70. The van der Waals surface area contributed by atoms with E-state index in [0.717, 1.165) is 32.1 Å². The van der Waals surface area contributed by atoms with Gasteiger partial charge in [-0.1, -0.05) is 19.9 Å². The molecular formula is C18H30N4O3. The van der Waals surface area contributed by atoms with Gasteiger partial charge >= 0.3 is 0 Å². The Morgan fingerprint density at radius 2 is 1.96 bits per heavy atom. The summed E-state index contributed by atoms with van der Waals surface area (Å²) in [4.78, 5) is 24.7. The monoisotopic (exact) mass is 350 g/mol. The zero-order valence-corrected chi connectivity index (χ0v) is 15.7. The van der Waals surface area contributed by atoms with Crippen molar-refractivity contribution in [1.82, 2.24) is 4.90 Å². The maximum atomic E-state index is 12.4. The van der Waals surface area contributed by atoms with Gasteiger partial charge < -0.3 is 16.0 Å². The van der Waals surface area contributed by atoms with Crippen LogP contribution in [0.2, 0.25) is 0 Å². The van der Waals surface area contributed by atoms with E-state index in [2.05, 4.69) is 5.32 Å². The van der Waals surface area contributed by atoms with Crippen LogP contribution in [0, 0.1) is 10.1 Å². The molecule has 0 unspecified atom stereocenters. The normalized spacial score (nSPS) is 14.1. The summed E-state index contributed by atoms with van der Waals surface area (Å²) in [6.07, 6.45) is 4.73. The lowest BCUT2D eigenvalue weighted by Gasteiger charge is -2.21. The van der Waals surface area contributed by atoms with Gasteiger partial charge in [0.1, 0.15) is 5.69 Å². The van der Waals surface area contributed by atoms with Gasteiger partial charge in [-0.2, -0.15) is 0 Å². The number of nitrogens with one attached hydrogen (secondary N) is 1. The molecule has 0 bridgehead atoms. The first-order valence-corrected chi connectivity index (χ1v) is 8.87. The van der Waals surface area contributed by atoms with Crippen LogP contribution < -0.4 is 11.1 Å². The number of nitrogens with two attached hydrogens (primary N) is 1. The third-order valence-corrected chi connectivity index (χ3v) is 4.23. The maximum Gasteiger partial charge on any atom is 0.293 e. The Morgan fingerprint density at radius 1 is 1.32 bits per heavy atom. The lowest BCUT2D eigenvalue weighted by molar-refractivity contribution is -0.384. The number of carbonyl (C=O) groups is 1. The molecule has 0 saturated heterocycles. The number of nitro benzene ring substituents is 1. The topological polar surface area (TPSA) is 102 Å². The summed E-state index contributed by atoms with van der Waals surface area (Å²) < 4.78 is 0. The quantitative estimate of drug-likeness (QED) is 0.425. The lowest BCUT2D eigenvalue weighted by Crippen LogP contribution is -2.27. The first-order chi connectivity index (χ1) is 11.9. The van der Waals surface area contributed by atoms with Gasteiger partial charge in [0, 0.05) is 25.7 Å². The molecule has 0 radical (unpaired) electrons. The summed E-state index contributed by atoms with van der Waals surface area (Å²) in [6, 6.07) is 4.62. The highest BCUT2D eigenvalue weighted by Gasteiger charge is 2.43. The molecule has 1 aliphatic carbocycles. The van der Waals surface area contributed by atoms with Crippen molar-refractivity contribution in [3.63, 3.8) is 0 Å². The molecule has 2 rings (SSSR count). The van der Waals surface area contributed by atoms with Crippen LogP contribution in [0.1, 0.15) is 56.3 Å². The molecule has 1 aromatic rings. The second-order valence-electron chi connectivity index (χ2n) is 6.31. The summed E-state index contributed by atoms with van der Waals surface area (Å²) >= 11 is 0. The van der Waals surface area contributed by atoms with Crippen molar-refractivity contribution in [2.45, 2.75) is 51.5 Å². The van der Waals surface area contributed by atoms with Gasteiger partial charge in [0.2, 0.25) is 0 Å². The lowest BCUT2D eigenvalue weighted by atomic mass is 10.0. The average molecular weight is 350 g/mol. The van der Waals surface area contributed by atoms with Gasteiger partial charge in [0.25, 0.3) is 11.6 Å². The SMILES string of the molecule is CC.CN(C)C(=O)c1cccc([N+](=O)[O-])c1NC1(CCCCN)CC1. The number of unbranched alkanes of at least 4 members (excludes halogenated alkanes) is 1. The Kier molecular flexibility index (Phi) is 7.83. The van der Waals surface area contributed by atoms with E-state index in [1.165, 1.54) is 11.0 Å². The Hall–Kier alpha value is -2.15. The van der Waals surface area contributed by atoms with Crippen molar-refractivity contribution in [2.75, 3.05) is 26.0 Å². The molecule has 1 amide bonds. The van der Waals surface area contributed by atoms with Gasteiger partial charge in [0.05, 0.1) is 10.5 Å². The number of nitrogens with zero attached hydrogens (tertiary/aromatic N) is 2. The Balaban J connectivity index is 0.00000151. The molecule has 1 fully saturated rings. The van der Waals surface area contributed by atoms with Crippen LogP contribution in [0.3, 0.4) is 0 Å². The van der Waals surface area contributed by atoms with E-state index in [0.29, 0.717) is 17.8 Å². The number of amides is 1. The number of benzene rings is 1. The minimum absolute atomic E-state index is 0.0530. The predicted octanol–water partition coefficient (Wildman–Crippen LogP) is 3.40. The Bertz CT molecular complexity index is 598. The Morgan fingerprint density at radius 3 is 2.44 bits per heavy atom. The number of rotatable bonds is 8. The second kappa shape index (κ2) is 9.36. The molecule has 3 N–H and O–H groups in total. The van der Waals surface area contributed by atoms with Crippen molar-refractivity contribution in [3.8, 4) is 0 Å². The largest absolute Gasteiger partial charge is 0.373 e. The highest BCUT2D eigenvalue weighted by Crippen LogP contribution is 2.45. The summed E-state index contributed by atoms with van der Waals surface area (Å²) in [5.74, 6) is -0.242. The molecule has 0 aliphatic heterocycles. The van der Waals surface area contributed by atoms with Crippen LogP contribution >= 0.6 is 0 Å². The number of carbonyl (C=O) groups excluding carboxylic acids is 1. The molecule has 1 saturated carbocycles. The molecule has 7 heteroatoms. The van der Waals surface area contributed by atoms with E-state index in [1.54, 1.807) is 26.2 Å². The number of anilines is 1. The van der Waals surface area contributed by atoms with Gasteiger partial charge in [-0.05, 0) is 44.7 Å². The minimum atomic E-state index is -0.440. The van der Waals surface area contributed by atoms with E-state index in [1.807, 2.05) is 13.8 Å². The van der Waals surface area contributed by atoms with E-state index in [4.69, 9.17) is 5.73 Å². The summed E-state index contributed by atoms with van der Waals surface area (Å²) in [5.41, 5.74) is 6.02. The third kappa shape index (κ3) is 5.42. The van der Waals surface area contributed by atoms with Crippen molar-refractivity contribution >= 4 is 17.3 Å².